The van der Waals surface area contributed by atoms with Crippen molar-refractivity contribution >= 4 is 6.21 Å². The molecule has 0 bridgehead atoms. The maximum atomic E-state index is 9.17. The molecule has 120 valence electrons. The minimum Gasteiger partial charge on any atom is -0.396 e. The summed E-state index contributed by atoms with van der Waals surface area (Å²) in [6.07, 6.45) is 7.26. The fourth-order valence-electron chi connectivity index (χ4n) is 2.29. The molecule has 0 heterocycles. The molecule has 0 aromatic rings. The van der Waals surface area contributed by atoms with Crippen LogP contribution < -0.4 is 11.5 Å². The standard InChI is InChI=1S/C15H33N3O2/c1-14(2,15(17,7-11-19)8-12-20)13-18-10-6-4-3-5-9-16/h13,19-20H,3-12,16-17H2,1-2H3. The molecule has 0 aliphatic rings. The second-order valence-electron chi connectivity index (χ2n) is 6.06. The Hall–Kier alpha value is -0.490. The quantitative estimate of drug-likeness (QED) is 0.318. The van der Waals surface area contributed by atoms with Crippen molar-refractivity contribution in [2.45, 2.75) is 57.9 Å². The molecular formula is C15H33N3O2. The van der Waals surface area contributed by atoms with Gasteiger partial charge in [0.2, 0.25) is 0 Å². The van der Waals surface area contributed by atoms with Crippen molar-refractivity contribution < 1.29 is 10.2 Å². The maximum Gasteiger partial charge on any atom is 0.0448 e. The third-order valence-electron chi connectivity index (χ3n) is 4.05. The molecule has 0 amide bonds. The molecule has 0 saturated heterocycles. The molecule has 6 N–H and O–H groups in total. The summed E-state index contributed by atoms with van der Waals surface area (Å²) in [5.41, 5.74) is 10.8. The number of hydrogen-bond acceptors (Lipinski definition) is 5. The summed E-state index contributed by atoms with van der Waals surface area (Å²) in [6, 6.07) is 0. The van der Waals surface area contributed by atoms with Crippen molar-refractivity contribution in [3.63, 3.8) is 0 Å². The van der Waals surface area contributed by atoms with E-state index in [-0.39, 0.29) is 18.6 Å². The average molecular weight is 287 g/mol. The summed E-state index contributed by atoms with van der Waals surface area (Å²) in [4.78, 5) is 4.47. The Morgan fingerprint density at radius 1 is 1.00 bits per heavy atom. The lowest BCUT2D eigenvalue weighted by molar-refractivity contribution is 0.135. The van der Waals surface area contributed by atoms with E-state index in [0.29, 0.717) is 12.8 Å². The Kier molecular flexibility index (Phi) is 10.0. The molecule has 0 fully saturated rings. The number of hydrogen-bond donors (Lipinski definition) is 4. The zero-order valence-electron chi connectivity index (χ0n) is 13.1. The first kappa shape index (κ1) is 19.5. The first-order valence-corrected chi connectivity index (χ1v) is 7.65. The Labute approximate surface area is 123 Å². The summed E-state index contributed by atoms with van der Waals surface area (Å²) >= 11 is 0. The van der Waals surface area contributed by atoms with Gasteiger partial charge in [0, 0.05) is 36.9 Å². The highest BCUT2D eigenvalue weighted by atomic mass is 16.3. The van der Waals surface area contributed by atoms with Crippen LogP contribution in [0.15, 0.2) is 4.99 Å². The number of aliphatic hydroxyl groups is 2. The molecular weight excluding hydrogens is 254 g/mol. The molecule has 0 aliphatic heterocycles. The highest BCUT2D eigenvalue weighted by Crippen LogP contribution is 2.32. The van der Waals surface area contributed by atoms with Crippen molar-refractivity contribution in [1.82, 2.24) is 0 Å². The fourth-order valence-corrected chi connectivity index (χ4v) is 2.29. The predicted octanol–water partition coefficient (Wildman–Crippen LogP) is 1.06. The van der Waals surface area contributed by atoms with Gasteiger partial charge in [-0.25, -0.2) is 0 Å². The van der Waals surface area contributed by atoms with Crippen LogP contribution in [0.4, 0.5) is 0 Å². The van der Waals surface area contributed by atoms with Gasteiger partial charge in [0.1, 0.15) is 0 Å². The predicted molar refractivity (Wildman–Crippen MR) is 85.0 cm³/mol. The summed E-state index contributed by atoms with van der Waals surface area (Å²) in [5.74, 6) is 0. The normalized spacial score (nSPS) is 13.3. The van der Waals surface area contributed by atoms with Crippen molar-refractivity contribution in [2.75, 3.05) is 26.3 Å². The van der Waals surface area contributed by atoms with Crippen LogP contribution in [-0.4, -0.2) is 48.3 Å². The largest absolute Gasteiger partial charge is 0.396 e. The lowest BCUT2D eigenvalue weighted by Crippen LogP contribution is -2.54. The topological polar surface area (TPSA) is 105 Å². The van der Waals surface area contributed by atoms with Gasteiger partial charge in [0.25, 0.3) is 0 Å². The van der Waals surface area contributed by atoms with Crippen LogP contribution in [0.5, 0.6) is 0 Å². The highest BCUT2D eigenvalue weighted by molar-refractivity contribution is 5.67. The monoisotopic (exact) mass is 287 g/mol. The number of aliphatic imine (C=N–C) groups is 1. The van der Waals surface area contributed by atoms with Crippen LogP contribution in [0.1, 0.15) is 52.4 Å². The van der Waals surface area contributed by atoms with E-state index < -0.39 is 5.54 Å². The molecule has 5 nitrogen and oxygen atoms in total. The molecule has 0 aromatic carbocycles. The van der Waals surface area contributed by atoms with Crippen LogP contribution in [0, 0.1) is 5.41 Å². The highest BCUT2D eigenvalue weighted by Gasteiger charge is 2.39. The second kappa shape index (κ2) is 10.3. The molecule has 0 spiro atoms. The summed E-state index contributed by atoms with van der Waals surface area (Å²) in [7, 11) is 0. The van der Waals surface area contributed by atoms with E-state index in [1.807, 2.05) is 20.1 Å². The molecule has 0 saturated carbocycles. The van der Waals surface area contributed by atoms with E-state index in [1.54, 1.807) is 0 Å². The van der Waals surface area contributed by atoms with Crippen molar-refractivity contribution in [2.24, 2.45) is 21.9 Å². The van der Waals surface area contributed by atoms with Crippen molar-refractivity contribution in [1.29, 1.82) is 0 Å². The molecule has 5 heteroatoms. The van der Waals surface area contributed by atoms with Gasteiger partial charge in [-0.05, 0) is 32.2 Å². The molecule has 0 aliphatic carbocycles. The van der Waals surface area contributed by atoms with Crippen LogP contribution in [0.2, 0.25) is 0 Å². The van der Waals surface area contributed by atoms with Crippen LogP contribution >= 0.6 is 0 Å². The van der Waals surface area contributed by atoms with Crippen LogP contribution in [0.3, 0.4) is 0 Å². The Morgan fingerprint density at radius 3 is 2.05 bits per heavy atom. The van der Waals surface area contributed by atoms with Crippen LogP contribution in [-0.2, 0) is 0 Å². The first-order chi connectivity index (χ1) is 9.43. The van der Waals surface area contributed by atoms with Gasteiger partial charge in [-0.1, -0.05) is 26.7 Å². The third kappa shape index (κ3) is 6.79. The zero-order valence-corrected chi connectivity index (χ0v) is 13.1. The Balaban J connectivity index is 4.31. The summed E-state index contributed by atoms with van der Waals surface area (Å²) in [5, 5.41) is 18.3. The molecule has 0 radical (unpaired) electrons. The van der Waals surface area contributed by atoms with E-state index in [4.69, 9.17) is 21.7 Å². The summed E-state index contributed by atoms with van der Waals surface area (Å²) in [6.45, 7) is 5.61. The SMILES string of the molecule is CC(C)(C=NCCCCCCN)C(N)(CCO)CCO. The average Bonchev–Trinajstić information content (AvgIpc) is 2.38. The second-order valence-corrected chi connectivity index (χ2v) is 6.06. The minimum absolute atomic E-state index is 0.0207. The van der Waals surface area contributed by atoms with Crippen molar-refractivity contribution in [3.05, 3.63) is 0 Å². The minimum atomic E-state index is -0.625. The van der Waals surface area contributed by atoms with Gasteiger partial charge in [0.05, 0.1) is 0 Å². The molecule has 0 aromatic heterocycles. The number of unbranched alkanes of at least 4 members (excludes halogenated alkanes) is 3. The van der Waals surface area contributed by atoms with Crippen molar-refractivity contribution in [3.8, 4) is 0 Å². The Morgan fingerprint density at radius 2 is 1.55 bits per heavy atom. The number of aliphatic hydroxyl groups excluding tert-OH is 2. The van der Waals surface area contributed by atoms with E-state index in [1.165, 1.54) is 0 Å². The van der Waals surface area contributed by atoms with Gasteiger partial charge in [-0.2, -0.15) is 0 Å². The number of nitrogens with zero attached hydrogens (tertiary/aromatic N) is 1. The van der Waals surface area contributed by atoms with E-state index >= 15 is 0 Å². The van der Waals surface area contributed by atoms with Crippen LogP contribution in [0.25, 0.3) is 0 Å². The van der Waals surface area contributed by atoms with Gasteiger partial charge < -0.3 is 21.7 Å². The Bertz CT molecular complexity index is 262. The fraction of sp³-hybridized carbons (Fsp3) is 0.933. The third-order valence-corrected chi connectivity index (χ3v) is 4.05. The lowest BCUT2D eigenvalue weighted by Gasteiger charge is -2.41. The van der Waals surface area contributed by atoms with E-state index in [9.17, 15) is 0 Å². The number of nitrogens with two attached hydrogens (primary N) is 2. The van der Waals surface area contributed by atoms with Gasteiger partial charge in [-0.15, -0.1) is 0 Å². The maximum absolute atomic E-state index is 9.17. The molecule has 20 heavy (non-hydrogen) atoms. The first-order valence-electron chi connectivity index (χ1n) is 7.65. The van der Waals surface area contributed by atoms with E-state index in [2.05, 4.69) is 4.99 Å². The summed E-state index contributed by atoms with van der Waals surface area (Å²) < 4.78 is 0. The molecule has 0 atom stereocenters. The molecule has 0 rings (SSSR count). The lowest BCUT2D eigenvalue weighted by atomic mass is 9.70. The van der Waals surface area contributed by atoms with E-state index in [0.717, 1.165) is 38.8 Å². The van der Waals surface area contributed by atoms with Gasteiger partial charge in [-0.3, -0.25) is 4.99 Å². The zero-order chi connectivity index (χ0) is 15.5. The smallest absolute Gasteiger partial charge is 0.0448 e. The molecule has 0 unspecified atom stereocenters. The van der Waals surface area contributed by atoms with Gasteiger partial charge >= 0.3 is 0 Å². The van der Waals surface area contributed by atoms with Gasteiger partial charge in [0.15, 0.2) is 0 Å². The number of rotatable bonds is 12.